The van der Waals surface area contributed by atoms with Gasteiger partial charge in [-0.1, -0.05) is 60.7 Å². The van der Waals surface area contributed by atoms with E-state index in [1.807, 2.05) is 67.6 Å². The molecule has 3 rings (SSSR count). The molecule has 5 unspecified atom stereocenters. The van der Waals surface area contributed by atoms with E-state index in [1.54, 1.807) is 0 Å². The third kappa shape index (κ3) is 4.66. The minimum atomic E-state index is -1.28. The van der Waals surface area contributed by atoms with Crippen LogP contribution in [0.4, 0.5) is 0 Å². The van der Waals surface area contributed by atoms with Gasteiger partial charge in [0.1, 0.15) is 18.3 Å². The molecule has 1 aliphatic heterocycles. The number of benzene rings is 2. The molecule has 5 nitrogen and oxygen atoms in total. The highest BCUT2D eigenvalue weighted by atomic mass is 16.7. The van der Waals surface area contributed by atoms with Crippen LogP contribution in [-0.4, -0.2) is 40.9 Å². The average molecular weight is 344 g/mol. The van der Waals surface area contributed by atoms with Gasteiger partial charge in [0.15, 0.2) is 6.29 Å². The Kier molecular flexibility index (Phi) is 6.18. The lowest BCUT2D eigenvalue weighted by Gasteiger charge is -2.41. The maximum Gasteiger partial charge on any atom is 0.183 e. The zero-order valence-corrected chi connectivity index (χ0v) is 14.2. The van der Waals surface area contributed by atoms with Crippen LogP contribution in [0.5, 0.6) is 0 Å². The molecule has 0 aliphatic carbocycles. The molecule has 2 N–H and O–H groups in total. The topological polar surface area (TPSA) is 68.2 Å². The average Bonchev–Trinajstić information content (AvgIpc) is 2.64. The van der Waals surface area contributed by atoms with Crippen molar-refractivity contribution in [2.24, 2.45) is 0 Å². The first-order valence-electron chi connectivity index (χ1n) is 8.48. The van der Waals surface area contributed by atoms with Gasteiger partial charge in [0.05, 0.1) is 19.3 Å². The molecule has 0 saturated carbocycles. The first kappa shape index (κ1) is 18.0. The normalized spacial score (nSPS) is 29.5. The first-order valence-corrected chi connectivity index (χ1v) is 8.48. The van der Waals surface area contributed by atoms with Crippen LogP contribution in [0.25, 0.3) is 0 Å². The molecule has 1 aliphatic rings. The van der Waals surface area contributed by atoms with Gasteiger partial charge in [0, 0.05) is 0 Å². The summed E-state index contributed by atoms with van der Waals surface area (Å²) in [4.78, 5) is 0. The van der Waals surface area contributed by atoms with Crippen LogP contribution >= 0.6 is 0 Å². The maximum atomic E-state index is 10.3. The third-order valence-electron chi connectivity index (χ3n) is 4.34. The van der Waals surface area contributed by atoms with Crippen LogP contribution in [0.15, 0.2) is 60.7 Å². The number of rotatable bonds is 6. The zero-order chi connectivity index (χ0) is 17.6. The molecule has 0 aromatic heterocycles. The summed E-state index contributed by atoms with van der Waals surface area (Å²) in [6.07, 6.45) is -4.01. The van der Waals surface area contributed by atoms with Crippen molar-refractivity contribution in [3.05, 3.63) is 71.8 Å². The van der Waals surface area contributed by atoms with Crippen LogP contribution in [0.1, 0.15) is 18.1 Å². The highest BCUT2D eigenvalue weighted by Gasteiger charge is 2.44. The number of aliphatic hydroxyl groups excluding tert-OH is 2. The first-order chi connectivity index (χ1) is 12.1. The van der Waals surface area contributed by atoms with Gasteiger partial charge in [0.25, 0.3) is 0 Å². The molecule has 1 saturated heterocycles. The van der Waals surface area contributed by atoms with E-state index in [2.05, 4.69) is 0 Å². The number of hydrogen-bond acceptors (Lipinski definition) is 5. The standard InChI is InChI=1S/C20H24O5/c1-14-18(23-12-15-8-4-2-5-9-15)19(17(21)20(22)25-14)24-13-16-10-6-3-7-11-16/h2-11,14,17-22H,12-13H2,1H3. The van der Waals surface area contributed by atoms with E-state index in [0.717, 1.165) is 11.1 Å². The summed E-state index contributed by atoms with van der Waals surface area (Å²) in [5.41, 5.74) is 2.02. The predicted molar refractivity (Wildman–Crippen MR) is 92.6 cm³/mol. The van der Waals surface area contributed by atoms with E-state index in [4.69, 9.17) is 14.2 Å². The monoisotopic (exact) mass is 344 g/mol. The Hall–Kier alpha value is -1.76. The van der Waals surface area contributed by atoms with Gasteiger partial charge in [-0.05, 0) is 18.1 Å². The Morgan fingerprint density at radius 1 is 0.800 bits per heavy atom. The Bertz CT molecular complexity index is 633. The van der Waals surface area contributed by atoms with Gasteiger partial charge in [0.2, 0.25) is 0 Å². The summed E-state index contributed by atoms with van der Waals surface area (Å²) in [5.74, 6) is 0. The van der Waals surface area contributed by atoms with Crippen molar-refractivity contribution < 1.29 is 24.4 Å². The molecule has 2 aromatic carbocycles. The number of aliphatic hydroxyl groups is 2. The summed E-state index contributed by atoms with van der Waals surface area (Å²) in [5, 5.41) is 20.2. The minimum Gasteiger partial charge on any atom is -0.385 e. The Balaban J connectivity index is 1.67. The maximum absolute atomic E-state index is 10.3. The molecule has 5 heteroatoms. The van der Waals surface area contributed by atoms with Gasteiger partial charge in [-0.3, -0.25) is 0 Å². The third-order valence-corrected chi connectivity index (χ3v) is 4.34. The van der Waals surface area contributed by atoms with Crippen molar-refractivity contribution in [2.45, 2.75) is 50.8 Å². The summed E-state index contributed by atoms with van der Waals surface area (Å²) >= 11 is 0. The summed E-state index contributed by atoms with van der Waals surface area (Å²) < 4.78 is 17.3. The fourth-order valence-corrected chi connectivity index (χ4v) is 2.96. The van der Waals surface area contributed by atoms with Crippen molar-refractivity contribution in [1.29, 1.82) is 0 Å². The van der Waals surface area contributed by atoms with E-state index in [9.17, 15) is 10.2 Å². The van der Waals surface area contributed by atoms with Crippen LogP contribution in [0, 0.1) is 0 Å². The fourth-order valence-electron chi connectivity index (χ4n) is 2.96. The van der Waals surface area contributed by atoms with E-state index >= 15 is 0 Å². The van der Waals surface area contributed by atoms with E-state index in [-0.39, 0.29) is 0 Å². The molecule has 5 atom stereocenters. The van der Waals surface area contributed by atoms with Crippen molar-refractivity contribution in [3.8, 4) is 0 Å². The van der Waals surface area contributed by atoms with E-state index in [0.29, 0.717) is 13.2 Å². The van der Waals surface area contributed by atoms with Crippen molar-refractivity contribution >= 4 is 0 Å². The summed E-state index contributed by atoms with van der Waals surface area (Å²) in [6, 6.07) is 19.5. The van der Waals surface area contributed by atoms with Gasteiger partial charge < -0.3 is 24.4 Å². The molecule has 1 fully saturated rings. The largest absolute Gasteiger partial charge is 0.385 e. The molecule has 0 spiro atoms. The molecular formula is C20H24O5. The fraction of sp³-hybridized carbons (Fsp3) is 0.400. The highest BCUT2D eigenvalue weighted by molar-refractivity contribution is 5.14. The van der Waals surface area contributed by atoms with Crippen LogP contribution in [0.2, 0.25) is 0 Å². The second-order valence-corrected chi connectivity index (χ2v) is 6.24. The Morgan fingerprint density at radius 3 is 1.80 bits per heavy atom. The molecule has 0 radical (unpaired) electrons. The van der Waals surface area contributed by atoms with E-state index < -0.39 is 30.7 Å². The van der Waals surface area contributed by atoms with Crippen molar-refractivity contribution in [3.63, 3.8) is 0 Å². The summed E-state index contributed by atoms with van der Waals surface area (Å²) in [6.45, 7) is 2.52. The molecule has 25 heavy (non-hydrogen) atoms. The Morgan fingerprint density at radius 2 is 1.28 bits per heavy atom. The van der Waals surface area contributed by atoms with Crippen LogP contribution < -0.4 is 0 Å². The molecule has 2 aromatic rings. The van der Waals surface area contributed by atoms with Crippen LogP contribution in [0.3, 0.4) is 0 Å². The lowest BCUT2D eigenvalue weighted by molar-refractivity contribution is -0.297. The molecule has 1 heterocycles. The van der Waals surface area contributed by atoms with Crippen molar-refractivity contribution in [2.75, 3.05) is 0 Å². The molecule has 0 bridgehead atoms. The molecule has 0 amide bonds. The lowest BCUT2D eigenvalue weighted by Crippen LogP contribution is -2.58. The second kappa shape index (κ2) is 8.56. The molecular weight excluding hydrogens is 320 g/mol. The number of ether oxygens (including phenoxy) is 3. The van der Waals surface area contributed by atoms with Gasteiger partial charge >= 0.3 is 0 Å². The quantitative estimate of drug-likeness (QED) is 0.841. The zero-order valence-electron chi connectivity index (χ0n) is 14.2. The minimum absolute atomic E-state index is 0.327. The smallest absolute Gasteiger partial charge is 0.183 e. The molecule has 134 valence electrons. The summed E-state index contributed by atoms with van der Waals surface area (Å²) in [7, 11) is 0. The predicted octanol–water partition coefficient (Wildman–Crippen LogP) is 2.26. The number of hydrogen-bond donors (Lipinski definition) is 2. The van der Waals surface area contributed by atoms with Gasteiger partial charge in [-0.2, -0.15) is 0 Å². The van der Waals surface area contributed by atoms with Crippen LogP contribution in [-0.2, 0) is 27.4 Å². The highest BCUT2D eigenvalue weighted by Crippen LogP contribution is 2.26. The Labute approximate surface area is 147 Å². The van der Waals surface area contributed by atoms with Gasteiger partial charge in [-0.15, -0.1) is 0 Å². The second-order valence-electron chi connectivity index (χ2n) is 6.24. The van der Waals surface area contributed by atoms with Gasteiger partial charge in [-0.25, -0.2) is 0 Å². The SMILES string of the molecule is CC1OC(O)C(O)C(OCc2ccccc2)C1OCc1ccccc1. The van der Waals surface area contributed by atoms with E-state index in [1.165, 1.54) is 0 Å². The lowest BCUT2D eigenvalue weighted by atomic mass is 9.99. The van der Waals surface area contributed by atoms with Crippen molar-refractivity contribution in [1.82, 2.24) is 0 Å².